The molecule has 4 unspecified atom stereocenters. The Kier molecular flexibility index (Phi) is 5.10. The van der Waals surface area contributed by atoms with E-state index in [1.807, 2.05) is 6.92 Å². The zero-order chi connectivity index (χ0) is 21.3. The predicted octanol–water partition coefficient (Wildman–Crippen LogP) is 5.75. The average molecular weight is 419 g/mol. The van der Waals surface area contributed by atoms with Gasteiger partial charge in [-0.05, 0) is 105 Å². The molecule has 4 aliphatic carbocycles. The minimum atomic E-state index is -0.604. The second-order valence-electron chi connectivity index (χ2n) is 12.2. The number of rotatable bonds is 3. The van der Waals surface area contributed by atoms with Crippen LogP contribution < -0.4 is 0 Å². The third kappa shape index (κ3) is 2.95. The molecule has 1 aliphatic heterocycles. The van der Waals surface area contributed by atoms with Crippen molar-refractivity contribution in [3.05, 3.63) is 0 Å². The third-order valence-corrected chi connectivity index (χ3v) is 11.3. The summed E-state index contributed by atoms with van der Waals surface area (Å²) in [6.07, 6.45) is 11.4. The van der Waals surface area contributed by atoms with E-state index in [0.717, 1.165) is 49.7 Å². The van der Waals surface area contributed by atoms with Crippen LogP contribution in [0.15, 0.2) is 0 Å². The maximum Gasteiger partial charge on any atom is 0.306 e. The van der Waals surface area contributed by atoms with E-state index in [-0.39, 0.29) is 11.7 Å². The van der Waals surface area contributed by atoms with Crippen molar-refractivity contribution in [2.24, 2.45) is 52.3 Å². The van der Waals surface area contributed by atoms with Crippen LogP contribution in [0.4, 0.5) is 0 Å². The zero-order valence-corrected chi connectivity index (χ0v) is 19.5. The molecule has 0 spiro atoms. The number of hydrogen-bond acceptors (Lipinski definition) is 3. The van der Waals surface area contributed by atoms with Crippen molar-refractivity contribution in [1.29, 1.82) is 0 Å². The van der Waals surface area contributed by atoms with Crippen molar-refractivity contribution in [1.82, 2.24) is 0 Å². The van der Waals surface area contributed by atoms with Crippen LogP contribution in [0.5, 0.6) is 0 Å². The molecular weight excluding hydrogens is 376 g/mol. The minimum absolute atomic E-state index is 0.190. The van der Waals surface area contributed by atoms with Gasteiger partial charge in [-0.2, -0.15) is 0 Å². The molecule has 4 heteroatoms. The quantitative estimate of drug-likeness (QED) is 0.634. The van der Waals surface area contributed by atoms with Crippen LogP contribution >= 0.6 is 0 Å². The maximum atomic E-state index is 11.6. The molecule has 5 fully saturated rings. The fourth-order valence-electron chi connectivity index (χ4n) is 9.54. The maximum absolute atomic E-state index is 11.6. The molecule has 0 aromatic heterocycles. The summed E-state index contributed by atoms with van der Waals surface area (Å²) in [5.41, 5.74) is 0.764. The van der Waals surface area contributed by atoms with Crippen molar-refractivity contribution >= 4 is 5.97 Å². The van der Waals surface area contributed by atoms with E-state index in [0.29, 0.717) is 22.7 Å². The van der Waals surface area contributed by atoms with E-state index in [1.165, 1.54) is 44.9 Å². The summed E-state index contributed by atoms with van der Waals surface area (Å²) in [6, 6.07) is 0. The first-order valence-electron chi connectivity index (χ1n) is 12.7. The Hall–Kier alpha value is -0.610. The van der Waals surface area contributed by atoms with Crippen LogP contribution in [0.3, 0.4) is 0 Å². The molecule has 5 aliphatic rings. The van der Waals surface area contributed by atoms with Crippen LogP contribution in [0.1, 0.15) is 85.5 Å². The lowest BCUT2D eigenvalue weighted by molar-refractivity contribution is -0.218. The molecule has 4 nitrogen and oxygen atoms in total. The fraction of sp³-hybridized carbons (Fsp3) is 0.962. The Bertz CT molecular complexity index is 685. The van der Waals surface area contributed by atoms with Gasteiger partial charge in [-0.1, -0.05) is 20.8 Å². The summed E-state index contributed by atoms with van der Waals surface area (Å²) in [5.74, 6) is 2.93. The number of carbonyl (C=O) groups is 1. The highest BCUT2D eigenvalue weighted by Gasteiger charge is 2.63. The Morgan fingerprint density at radius 1 is 0.900 bits per heavy atom. The largest absolute Gasteiger partial charge is 0.481 e. The molecule has 0 aromatic carbocycles. The Morgan fingerprint density at radius 2 is 1.57 bits per heavy atom. The molecule has 0 bridgehead atoms. The molecule has 1 heterocycles. The van der Waals surface area contributed by atoms with E-state index < -0.39 is 5.97 Å². The number of carboxylic acid groups (broad SMARTS) is 1. The highest BCUT2D eigenvalue weighted by atomic mass is 16.7. The van der Waals surface area contributed by atoms with E-state index >= 15 is 0 Å². The Labute approximate surface area is 182 Å². The molecule has 1 N–H and O–H groups in total. The van der Waals surface area contributed by atoms with E-state index in [9.17, 15) is 9.90 Å². The van der Waals surface area contributed by atoms with Crippen molar-refractivity contribution in [3.8, 4) is 0 Å². The van der Waals surface area contributed by atoms with Gasteiger partial charge in [-0.25, -0.2) is 0 Å². The Morgan fingerprint density at radius 3 is 2.27 bits per heavy atom. The van der Waals surface area contributed by atoms with E-state index in [2.05, 4.69) is 20.8 Å². The SMILES string of the molecule is CC(C(=O)O)[C@H]1CC[C@]2(C)C3CC[C@@]4(C)C(CC[C@@H]4C4(C)OCCO4)C3CC[C@@H]2C1. The van der Waals surface area contributed by atoms with Crippen molar-refractivity contribution in [3.63, 3.8) is 0 Å². The lowest BCUT2D eigenvalue weighted by atomic mass is 9.43. The third-order valence-electron chi connectivity index (χ3n) is 11.3. The van der Waals surface area contributed by atoms with Gasteiger partial charge < -0.3 is 14.6 Å². The number of fused-ring (bicyclic) bond motifs is 5. The number of aliphatic carboxylic acids is 1. The zero-order valence-electron chi connectivity index (χ0n) is 19.5. The van der Waals surface area contributed by atoms with Gasteiger partial charge in [0.2, 0.25) is 0 Å². The van der Waals surface area contributed by atoms with Crippen LogP contribution in [0.2, 0.25) is 0 Å². The molecule has 170 valence electrons. The molecule has 4 saturated carbocycles. The first kappa shape index (κ1) is 21.2. The molecule has 9 atom stereocenters. The van der Waals surface area contributed by atoms with E-state index in [4.69, 9.17) is 9.47 Å². The lowest BCUT2D eigenvalue weighted by Crippen LogP contribution is -2.55. The van der Waals surface area contributed by atoms with Gasteiger partial charge in [0.15, 0.2) is 5.79 Å². The number of hydrogen-bond donors (Lipinski definition) is 1. The molecule has 1 saturated heterocycles. The second-order valence-corrected chi connectivity index (χ2v) is 12.2. The van der Waals surface area contributed by atoms with Crippen LogP contribution in [0.25, 0.3) is 0 Å². The second kappa shape index (κ2) is 7.20. The standard InChI is InChI=1S/C26H42O4/c1-16(23(27)28)17-9-11-24(2)18(15-17)5-6-19-20-7-8-22(26(4)29-13-14-30-26)25(20,3)12-10-21(19)24/h16-22H,5-15H2,1-4H3,(H,27,28)/t16?,17-,18+,19?,20?,21?,22-,24-,25-/m0/s1. The summed E-state index contributed by atoms with van der Waals surface area (Å²) in [6.45, 7) is 10.8. The van der Waals surface area contributed by atoms with Crippen LogP contribution in [-0.4, -0.2) is 30.1 Å². The lowest BCUT2D eigenvalue weighted by Gasteiger charge is -2.62. The van der Waals surface area contributed by atoms with Crippen LogP contribution in [0, 0.1) is 52.3 Å². The van der Waals surface area contributed by atoms with Crippen molar-refractivity contribution < 1.29 is 19.4 Å². The monoisotopic (exact) mass is 418 g/mol. The van der Waals surface area contributed by atoms with E-state index in [1.54, 1.807) is 0 Å². The smallest absolute Gasteiger partial charge is 0.306 e. The molecule has 5 rings (SSSR count). The van der Waals surface area contributed by atoms with Gasteiger partial charge in [0.25, 0.3) is 0 Å². The van der Waals surface area contributed by atoms with Gasteiger partial charge in [0.1, 0.15) is 0 Å². The summed E-state index contributed by atoms with van der Waals surface area (Å²) >= 11 is 0. The van der Waals surface area contributed by atoms with Gasteiger partial charge in [0.05, 0.1) is 19.1 Å². The summed E-state index contributed by atoms with van der Waals surface area (Å²) < 4.78 is 12.3. The fourth-order valence-corrected chi connectivity index (χ4v) is 9.54. The summed E-state index contributed by atoms with van der Waals surface area (Å²) in [4.78, 5) is 11.6. The van der Waals surface area contributed by atoms with Gasteiger partial charge in [-0.3, -0.25) is 4.79 Å². The highest BCUT2D eigenvalue weighted by Crippen LogP contribution is 2.69. The normalized spacial score (nSPS) is 50.9. The predicted molar refractivity (Wildman–Crippen MR) is 116 cm³/mol. The molecule has 0 aromatic rings. The van der Waals surface area contributed by atoms with Crippen LogP contribution in [-0.2, 0) is 14.3 Å². The number of carboxylic acids is 1. The Balaban J connectivity index is 1.35. The first-order valence-corrected chi connectivity index (χ1v) is 12.7. The van der Waals surface area contributed by atoms with Gasteiger partial charge in [0, 0.05) is 5.92 Å². The molecule has 0 amide bonds. The summed E-state index contributed by atoms with van der Waals surface area (Å²) in [5, 5.41) is 9.53. The van der Waals surface area contributed by atoms with Crippen molar-refractivity contribution in [2.45, 2.75) is 91.3 Å². The minimum Gasteiger partial charge on any atom is -0.481 e. The molecular formula is C26H42O4. The number of ether oxygens (including phenoxy) is 2. The molecule has 0 radical (unpaired) electrons. The first-order chi connectivity index (χ1) is 14.2. The summed E-state index contributed by atoms with van der Waals surface area (Å²) in [7, 11) is 0. The van der Waals surface area contributed by atoms with Gasteiger partial charge >= 0.3 is 5.97 Å². The highest BCUT2D eigenvalue weighted by molar-refractivity contribution is 5.69. The molecule has 30 heavy (non-hydrogen) atoms. The van der Waals surface area contributed by atoms with Crippen molar-refractivity contribution in [2.75, 3.05) is 13.2 Å². The average Bonchev–Trinajstić information content (AvgIpc) is 3.30. The van der Waals surface area contributed by atoms with Gasteiger partial charge in [-0.15, -0.1) is 0 Å². The topological polar surface area (TPSA) is 55.8 Å².